The van der Waals surface area contributed by atoms with Crippen LogP contribution in [0, 0.1) is 17.3 Å². The average Bonchev–Trinajstić information content (AvgIpc) is 3.04. The van der Waals surface area contributed by atoms with Crippen LogP contribution in [0.3, 0.4) is 0 Å². The topological polar surface area (TPSA) is 57.6 Å². The molecule has 32 heavy (non-hydrogen) atoms. The van der Waals surface area contributed by atoms with Crippen molar-refractivity contribution >= 4 is 17.3 Å². The number of hydrogen-bond donors (Lipinski definition) is 1. The molecule has 4 aliphatic carbocycles. The first-order valence-electron chi connectivity index (χ1n) is 12.1. The van der Waals surface area contributed by atoms with Gasteiger partial charge in [0.2, 0.25) is 0 Å². The van der Waals surface area contributed by atoms with Crippen molar-refractivity contribution in [3.05, 3.63) is 52.6 Å². The summed E-state index contributed by atoms with van der Waals surface area (Å²) >= 11 is 0. The van der Waals surface area contributed by atoms with Gasteiger partial charge in [0.1, 0.15) is 5.60 Å². The Bertz CT molecular complexity index is 1030. The minimum absolute atomic E-state index is 0.0834. The zero-order valence-electron chi connectivity index (χ0n) is 19.8. The molecule has 0 amide bonds. The van der Waals surface area contributed by atoms with Gasteiger partial charge in [-0.25, -0.2) is 0 Å². The average molecular weight is 434 g/mol. The van der Waals surface area contributed by atoms with E-state index < -0.39 is 11.0 Å². The lowest BCUT2D eigenvalue weighted by Crippen LogP contribution is -2.55. The van der Waals surface area contributed by atoms with E-state index in [1.165, 1.54) is 22.3 Å². The fourth-order valence-corrected chi connectivity index (χ4v) is 7.55. The molecule has 4 nitrogen and oxygen atoms in total. The third-order valence-corrected chi connectivity index (χ3v) is 9.28. The lowest BCUT2D eigenvalue weighted by molar-refractivity contribution is -0.152. The smallest absolute Gasteiger partial charge is 0.161 e. The molecule has 0 spiro atoms. The first-order valence-corrected chi connectivity index (χ1v) is 12.1. The van der Waals surface area contributed by atoms with Crippen LogP contribution in [-0.2, 0) is 9.59 Å². The predicted molar refractivity (Wildman–Crippen MR) is 127 cm³/mol. The summed E-state index contributed by atoms with van der Waals surface area (Å²) in [5, 5.41) is 11.6. The molecule has 0 aliphatic heterocycles. The lowest BCUT2D eigenvalue weighted by atomic mass is 9.51. The maximum atomic E-state index is 12.7. The van der Waals surface area contributed by atoms with Crippen LogP contribution < -0.4 is 4.90 Å². The van der Waals surface area contributed by atoms with Crippen molar-refractivity contribution < 1.29 is 14.7 Å². The molecule has 4 heteroatoms. The maximum Gasteiger partial charge on any atom is 0.161 e. The zero-order valence-corrected chi connectivity index (χ0v) is 19.8. The fraction of sp³-hybridized carbons (Fsp3) is 0.571. The van der Waals surface area contributed by atoms with Gasteiger partial charge >= 0.3 is 0 Å². The number of Topliss-reactive ketones (excluding diaryl/α,β-unsaturated/α-hetero) is 1. The van der Waals surface area contributed by atoms with Crippen LogP contribution in [0.2, 0.25) is 0 Å². The second-order valence-corrected chi connectivity index (χ2v) is 10.9. The molecule has 0 bridgehead atoms. The van der Waals surface area contributed by atoms with E-state index >= 15 is 0 Å². The number of carbonyl (C=O) groups is 2. The van der Waals surface area contributed by atoms with Crippen LogP contribution >= 0.6 is 0 Å². The molecule has 2 saturated carbocycles. The molecule has 0 radical (unpaired) electrons. The van der Waals surface area contributed by atoms with Gasteiger partial charge in [-0.2, -0.15) is 0 Å². The highest BCUT2D eigenvalue weighted by Crippen LogP contribution is 2.66. The summed E-state index contributed by atoms with van der Waals surface area (Å²) in [5.74, 6) is 1.03. The molecule has 1 aromatic carbocycles. The second-order valence-electron chi connectivity index (χ2n) is 10.9. The minimum Gasteiger partial charge on any atom is -0.382 e. The van der Waals surface area contributed by atoms with Gasteiger partial charge in [0.05, 0.1) is 0 Å². The Morgan fingerprint density at radius 1 is 1.09 bits per heavy atom. The van der Waals surface area contributed by atoms with Gasteiger partial charge in [0, 0.05) is 37.5 Å². The molecule has 170 valence electrons. The largest absolute Gasteiger partial charge is 0.382 e. The van der Waals surface area contributed by atoms with Crippen molar-refractivity contribution in [1.29, 1.82) is 0 Å². The number of nitrogens with zero attached hydrogens (tertiary/aromatic N) is 1. The number of hydrogen-bond acceptors (Lipinski definition) is 4. The van der Waals surface area contributed by atoms with Crippen LogP contribution in [0.5, 0.6) is 0 Å². The van der Waals surface area contributed by atoms with E-state index in [1.54, 1.807) is 6.92 Å². The summed E-state index contributed by atoms with van der Waals surface area (Å²) < 4.78 is 0. The molecule has 0 unspecified atom stereocenters. The Balaban J connectivity index is 1.67. The van der Waals surface area contributed by atoms with E-state index in [0.29, 0.717) is 24.7 Å². The zero-order chi connectivity index (χ0) is 22.8. The number of benzene rings is 1. The van der Waals surface area contributed by atoms with E-state index in [0.717, 1.165) is 37.8 Å². The number of carbonyl (C=O) groups excluding carboxylic acids is 2. The van der Waals surface area contributed by atoms with Crippen molar-refractivity contribution in [3.63, 3.8) is 0 Å². The van der Waals surface area contributed by atoms with Crippen LogP contribution in [0.1, 0.15) is 70.3 Å². The summed E-state index contributed by atoms with van der Waals surface area (Å²) in [7, 11) is 4.09. The molecular weight excluding hydrogens is 398 g/mol. The number of ketones is 2. The van der Waals surface area contributed by atoms with E-state index in [1.807, 2.05) is 20.2 Å². The van der Waals surface area contributed by atoms with Crippen LogP contribution in [0.15, 0.2) is 47.1 Å². The van der Waals surface area contributed by atoms with Gasteiger partial charge in [-0.05, 0) is 92.2 Å². The summed E-state index contributed by atoms with van der Waals surface area (Å²) in [6.07, 6.45) is 7.53. The Hall–Kier alpha value is -2.20. The highest BCUT2D eigenvalue weighted by molar-refractivity contribution is 5.93. The number of rotatable bonds is 3. The first kappa shape index (κ1) is 21.6. The quantitative estimate of drug-likeness (QED) is 0.731. The van der Waals surface area contributed by atoms with Crippen molar-refractivity contribution in [3.8, 4) is 0 Å². The van der Waals surface area contributed by atoms with E-state index in [9.17, 15) is 14.7 Å². The van der Waals surface area contributed by atoms with Crippen LogP contribution in [-0.4, -0.2) is 36.4 Å². The molecule has 0 heterocycles. The van der Waals surface area contributed by atoms with E-state index in [2.05, 4.69) is 36.1 Å². The van der Waals surface area contributed by atoms with Gasteiger partial charge < -0.3 is 10.0 Å². The maximum absolute atomic E-state index is 12.7. The van der Waals surface area contributed by atoms with E-state index in [-0.39, 0.29) is 17.5 Å². The van der Waals surface area contributed by atoms with Gasteiger partial charge in [0.25, 0.3) is 0 Å². The number of fused-ring (bicyclic) bond motifs is 4. The molecule has 5 rings (SSSR count). The Labute approximate surface area is 191 Å². The number of allylic oxidation sites excluding steroid dienone is 4. The Morgan fingerprint density at radius 3 is 2.47 bits per heavy atom. The van der Waals surface area contributed by atoms with Crippen molar-refractivity contribution in [2.45, 2.75) is 70.3 Å². The van der Waals surface area contributed by atoms with Crippen molar-refractivity contribution in [1.82, 2.24) is 0 Å². The predicted octanol–water partition coefficient (Wildman–Crippen LogP) is 4.97. The van der Waals surface area contributed by atoms with Crippen molar-refractivity contribution in [2.24, 2.45) is 17.3 Å². The molecule has 5 atom stereocenters. The highest BCUT2D eigenvalue weighted by atomic mass is 16.3. The Kier molecular flexibility index (Phi) is 5.01. The van der Waals surface area contributed by atoms with Gasteiger partial charge in [0.15, 0.2) is 11.6 Å². The van der Waals surface area contributed by atoms with Gasteiger partial charge in [-0.3, -0.25) is 9.59 Å². The third kappa shape index (κ3) is 2.98. The standard InChI is InChI=1S/C28H35NO3/c1-17(30)28(32)14-13-25-23-11-7-19-15-21(31)10-12-22(19)26(23)24(16-27(25,28)2)18-5-8-20(9-6-18)29(3)4/h5-6,8-9,15,23-25,32H,7,10-14,16H2,1-4H3/t23-,24-,25+,27+,28+/m0/s1. The molecule has 1 N–H and O–H groups in total. The lowest BCUT2D eigenvalue weighted by Gasteiger charge is -2.54. The molecule has 2 fully saturated rings. The molecule has 1 aromatic rings. The minimum atomic E-state index is -1.24. The van der Waals surface area contributed by atoms with Gasteiger partial charge in [-0.1, -0.05) is 24.6 Å². The molecule has 4 aliphatic rings. The molecule has 0 aromatic heterocycles. The molecule has 0 saturated heterocycles. The highest BCUT2D eigenvalue weighted by Gasteiger charge is 2.64. The number of anilines is 1. The number of aliphatic hydroxyl groups is 1. The van der Waals surface area contributed by atoms with Crippen LogP contribution in [0.25, 0.3) is 0 Å². The monoisotopic (exact) mass is 433 g/mol. The summed E-state index contributed by atoms with van der Waals surface area (Å²) in [6.45, 7) is 3.74. The summed E-state index contributed by atoms with van der Waals surface area (Å²) in [6, 6.07) is 8.78. The van der Waals surface area contributed by atoms with E-state index in [4.69, 9.17) is 0 Å². The van der Waals surface area contributed by atoms with Gasteiger partial charge in [-0.15, -0.1) is 0 Å². The normalized spacial score (nSPS) is 36.2. The van der Waals surface area contributed by atoms with Crippen LogP contribution in [0.4, 0.5) is 5.69 Å². The Morgan fingerprint density at radius 2 is 1.81 bits per heavy atom. The fourth-order valence-electron chi connectivity index (χ4n) is 7.55. The summed E-state index contributed by atoms with van der Waals surface area (Å²) in [4.78, 5) is 27.0. The molecular formula is C28H35NO3. The van der Waals surface area contributed by atoms with Crippen molar-refractivity contribution in [2.75, 3.05) is 19.0 Å². The second kappa shape index (κ2) is 7.41. The summed E-state index contributed by atoms with van der Waals surface area (Å²) in [5.41, 5.74) is 4.91. The first-order chi connectivity index (χ1) is 15.2. The third-order valence-electron chi connectivity index (χ3n) is 9.28. The SMILES string of the molecule is CC(=O)[C@]1(O)CC[C@@H]2[C@@H]3CCC4=CC(=O)CCC4=C3[C@H](c3ccc(N(C)C)cc3)C[C@]21C.